The Bertz CT molecular complexity index is 363. The largest absolute Gasteiger partial charge is 0.381 e. The summed E-state index contributed by atoms with van der Waals surface area (Å²) in [5.41, 5.74) is 2.06. The van der Waals surface area contributed by atoms with Crippen molar-refractivity contribution in [1.29, 1.82) is 0 Å². The Morgan fingerprint density at radius 3 is 2.58 bits per heavy atom. The summed E-state index contributed by atoms with van der Waals surface area (Å²) >= 11 is 0. The van der Waals surface area contributed by atoms with Crippen LogP contribution in [0.4, 0.5) is 5.69 Å². The highest BCUT2D eigenvalue weighted by molar-refractivity contribution is 5.90. The van der Waals surface area contributed by atoms with Gasteiger partial charge in [0.1, 0.15) is 0 Å². The molecule has 2 N–H and O–H groups in total. The summed E-state index contributed by atoms with van der Waals surface area (Å²) in [6, 6.07) is 7.92. The zero-order valence-electron chi connectivity index (χ0n) is 11.9. The van der Waals surface area contributed by atoms with E-state index in [0.29, 0.717) is 19.6 Å². The van der Waals surface area contributed by atoms with E-state index in [-0.39, 0.29) is 5.91 Å². The van der Waals surface area contributed by atoms with Gasteiger partial charge in [0, 0.05) is 18.8 Å². The third-order valence-corrected chi connectivity index (χ3v) is 2.67. The lowest BCUT2D eigenvalue weighted by Crippen LogP contribution is -2.15. The van der Waals surface area contributed by atoms with Gasteiger partial charge in [0.15, 0.2) is 0 Å². The summed E-state index contributed by atoms with van der Waals surface area (Å²) in [6.45, 7) is 7.08. The van der Waals surface area contributed by atoms with E-state index in [1.54, 1.807) is 0 Å². The van der Waals surface area contributed by atoms with Gasteiger partial charge in [-0.2, -0.15) is 0 Å². The molecule has 0 saturated heterocycles. The van der Waals surface area contributed by atoms with E-state index in [4.69, 9.17) is 4.74 Å². The Morgan fingerprint density at radius 1 is 1.21 bits per heavy atom. The zero-order valence-corrected chi connectivity index (χ0v) is 11.9. The van der Waals surface area contributed by atoms with Gasteiger partial charge in [0.05, 0.1) is 13.0 Å². The minimum atomic E-state index is -0.00897. The molecule has 4 nitrogen and oxygen atoms in total. The maximum Gasteiger partial charge on any atom is 0.226 e. The second-order valence-electron chi connectivity index (χ2n) is 4.37. The highest BCUT2D eigenvalue weighted by atomic mass is 16.5. The average Bonchev–Trinajstić information content (AvgIpc) is 2.41. The van der Waals surface area contributed by atoms with Crippen molar-refractivity contribution < 1.29 is 9.53 Å². The molecule has 19 heavy (non-hydrogen) atoms. The van der Waals surface area contributed by atoms with E-state index in [1.165, 1.54) is 5.56 Å². The first-order chi connectivity index (χ1) is 9.26. The number of ether oxygens (including phenoxy) is 1. The Balaban J connectivity index is 2.32. The molecule has 1 amide bonds. The number of amides is 1. The Kier molecular flexibility index (Phi) is 7.86. The molecule has 1 rings (SSSR count). The summed E-state index contributed by atoms with van der Waals surface area (Å²) in [5, 5.41) is 6.20. The maximum atomic E-state index is 11.6. The van der Waals surface area contributed by atoms with Crippen LogP contribution in [0.25, 0.3) is 0 Å². The van der Waals surface area contributed by atoms with Gasteiger partial charge in [0.2, 0.25) is 5.91 Å². The predicted molar refractivity (Wildman–Crippen MR) is 78.2 cm³/mol. The van der Waals surface area contributed by atoms with Crippen LogP contribution in [0, 0.1) is 0 Å². The van der Waals surface area contributed by atoms with Crippen molar-refractivity contribution in [3.8, 4) is 0 Å². The summed E-state index contributed by atoms with van der Waals surface area (Å²) in [5.74, 6) is -0.00897. The van der Waals surface area contributed by atoms with Crippen molar-refractivity contribution in [2.75, 3.05) is 25.1 Å². The molecular formula is C15H24N2O2. The van der Waals surface area contributed by atoms with Crippen LogP contribution in [0.2, 0.25) is 0 Å². The monoisotopic (exact) mass is 264 g/mol. The van der Waals surface area contributed by atoms with Gasteiger partial charge in [-0.05, 0) is 37.6 Å². The van der Waals surface area contributed by atoms with E-state index < -0.39 is 0 Å². The van der Waals surface area contributed by atoms with Gasteiger partial charge in [0.25, 0.3) is 0 Å². The van der Waals surface area contributed by atoms with Crippen molar-refractivity contribution in [1.82, 2.24) is 5.32 Å². The molecule has 0 heterocycles. The molecule has 0 aromatic heterocycles. The molecule has 0 fully saturated rings. The SMILES string of the molecule is CCCNCc1ccc(NC(=O)CCOCC)cc1. The first-order valence-corrected chi connectivity index (χ1v) is 6.93. The minimum absolute atomic E-state index is 0.00897. The molecule has 0 aliphatic heterocycles. The summed E-state index contributed by atoms with van der Waals surface area (Å²) < 4.78 is 5.15. The lowest BCUT2D eigenvalue weighted by Gasteiger charge is -2.07. The molecule has 1 aromatic carbocycles. The van der Waals surface area contributed by atoms with E-state index in [0.717, 1.165) is 25.2 Å². The van der Waals surface area contributed by atoms with Crippen molar-refractivity contribution in [2.24, 2.45) is 0 Å². The fourth-order valence-electron chi connectivity index (χ4n) is 1.65. The van der Waals surface area contributed by atoms with E-state index in [9.17, 15) is 4.79 Å². The van der Waals surface area contributed by atoms with Gasteiger partial charge in [-0.3, -0.25) is 4.79 Å². The van der Waals surface area contributed by atoms with Crippen LogP contribution in [0.15, 0.2) is 24.3 Å². The van der Waals surface area contributed by atoms with E-state index >= 15 is 0 Å². The maximum absolute atomic E-state index is 11.6. The molecule has 0 atom stereocenters. The normalized spacial score (nSPS) is 10.4. The molecular weight excluding hydrogens is 240 g/mol. The number of benzene rings is 1. The Morgan fingerprint density at radius 2 is 1.95 bits per heavy atom. The van der Waals surface area contributed by atoms with Crippen LogP contribution in [0.3, 0.4) is 0 Å². The lowest BCUT2D eigenvalue weighted by atomic mass is 10.2. The van der Waals surface area contributed by atoms with Gasteiger partial charge < -0.3 is 15.4 Å². The third-order valence-electron chi connectivity index (χ3n) is 2.67. The van der Waals surface area contributed by atoms with Crippen molar-refractivity contribution in [3.63, 3.8) is 0 Å². The molecule has 0 aliphatic rings. The van der Waals surface area contributed by atoms with E-state index in [1.807, 2.05) is 31.2 Å². The fourth-order valence-corrected chi connectivity index (χ4v) is 1.65. The van der Waals surface area contributed by atoms with Crippen molar-refractivity contribution >= 4 is 11.6 Å². The van der Waals surface area contributed by atoms with Gasteiger partial charge in [-0.15, -0.1) is 0 Å². The molecule has 4 heteroatoms. The van der Waals surface area contributed by atoms with Crippen LogP contribution in [0.1, 0.15) is 32.3 Å². The van der Waals surface area contributed by atoms with Gasteiger partial charge in [-0.1, -0.05) is 19.1 Å². The number of nitrogens with one attached hydrogen (secondary N) is 2. The second kappa shape index (κ2) is 9.53. The van der Waals surface area contributed by atoms with Crippen molar-refractivity contribution in [2.45, 2.75) is 33.2 Å². The van der Waals surface area contributed by atoms with Gasteiger partial charge in [-0.25, -0.2) is 0 Å². The smallest absolute Gasteiger partial charge is 0.226 e. The second-order valence-corrected chi connectivity index (χ2v) is 4.37. The molecule has 106 valence electrons. The molecule has 0 saturated carbocycles. The van der Waals surface area contributed by atoms with Crippen LogP contribution >= 0.6 is 0 Å². The highest BCUT2D eigenvalue weighted by Crippen LogP contribution is 2.09. The number of carbonyl (C=O) groups excluding carboxylic acids is 1. The first kappa shape index (κ1) is 15.7. The first-order valence-electron chi connectivity index (χ1n) is 6.93. The molecule has 0 bridgehead atoms. The Labute approximate surface area is 115 Å². The summed E-state index contributed by atoms with van der Waals surface area (Å²) in [6.07, 6.45) is 1.53. The molecule has 0 aliphatic carbocycles. The summed E-state index contributed by atoms with van der Waals surface area (Å²) in [7, 11) is 0. The lowest BCUT2D eigenvalue weighted by molar-refractivity contribution is -0.117. The number of anilines is 1. The Hall–Kier alpha value is -1.39. The average molecular weight is 264 g/mol. The number of carbonyl (C=O) groups is 1. The van der Waals surface area contributed by atoms with Crippen molar-refractivity contribution in [3.05, 3.63) is 29.8 Å². The minimum Gasteiger partial charge on any atom is -0.381 e. The van der Waals surface area contributed by atoms with Gasteiger partial charge >= 0.3 is 0 Å². The van der Waals surface area contributed by atoms with Crippen LogP contribution in [0.5, 0.6) is 0 Å². The number of hydrogen-bond donors (Lipinski definition) is 2. The quantitative estimate of drug-likeness (QED) is 0.674. The predicted octanol–water partition coefficient (Wildman–Crippen LogP) is 2.55. The molecule has 1 aromatic rings. The van der Waals surface area contributed by atoms with Crippen LogP contribution < -0.4 is 10.6 Å². The zero-order chi connectivity index (χ0) is 13.9. The summed E-state index contributed by atoms with van der Waals surface area (Å²) in [4.78, 5) is 11.6. The molecule has 0 radical (unpaired) electrons. The molecule has 0 spiro atoms. The third kappa shape index (κ3) is 6.94. The number of hydrogen-bond acceptors (Lipinski definition) is 3. The van der Waals surface area contributed by atoms with Crippen LogP contribution in [-0.2, 0) is 16.1 Å². The fraction of sp³-hybridized carbons (Fsp3) is 0.533. The number of rotatable bonds is 9. The van der Waals surface area contributed by atoms with Crippen LogP contribution in [-0.4, -0.2) is 25.7 Å². The highest BCUT2D eigenvalue weighted by Gasteiger charge is 2.02. The molecule has 0 unspecified atom stereocenters. The van der Waals surface area contributed by atoms with E-state index in [2.05, 4.69) is 17.6 Å². The topological polar surface area (TPSA) is 50.4 Å². The standard InChI is InChI=1S/C15H24N2O2/c1-3-10-16-12-13-5-7-14(8-6-13)17-15(18)9-11-19-4-2/h5-8,16H,3-4,9-12H2,1-2H3,(H,17,18).